The largest absolute Gasteiger partial charge is 0.344 e. The number of ketones is 1. The van der Waals surface area contributed by atoms with Crippen molar-refractivity contribution < 1.29 is 14.4 Å². The molecule has 2 amide bonds. The Hall–Kier alpha value is -1.82. The standard InChI is InChI=1S/C15H18N2O3S/c1-17-8-7-12(15(17)20)16-14(19)10-21-9-13(18)11-5-3-2-4-6-11/h2-6,12H,7-10H2,1H3,(H,16,19)/t12-/m1/s1. The molecule has 6 heteroatoms. The van der Waals surface area contributed by atoms with Crippen LogP contribution in [0.3, 0.4) is 0 Å². The predicted molar refractivity (Wildman–Crippen MR) is 82.3 cm³/mol. The topological polar surface area (TPSA) is 66.5 Å². The lowest BCUT2D eigenvalue weighted by Gasteiger charge is -2.11. The van der Waals surface area contributed by atoms with Gasteiger partial charge >= 0.3 is 0 Å². The van der Waals surface area contributed by atoms with Crippen LogP contribution >= 0.6 is 11.8 Å². The number of hydrogen-bond donors (Lipinski definition) is 1. The first-order valence-corrected chi connectivity index (χ1v) is 7.93. The van der Waals surface area contributed by atoms with Gasteiger partial charge in [-0.1, -0.05) is 30.3 Å². The molecular weight excluding hydrogens is 288 g/mol. The number of nitrogens with zero attached hydrogens (tertiary/aromatic N) is 1. The number of benzene rings is 1. The van der Waals surface area contributed by atoms with Crippen molar-refractivity contribution in [2.24, 2.45) is 0 Å². The summed E-state index contributed by atoms with van der Waals surface area (Å²) >= 11 is 1.26. The Bertz CT molecular complexity index is 533. The van der Waals surface area contributed by atoms with Gasteiger partial charge in [-0.2, -0.15) is 0 Å². The van der Waals surface area contributed by atoms with E-state index in [0.717, 1.165) is 0 Å². The van der Waals surface area contributed by atoms with E-state index in [1.165, 1.54) is 11.8 Å². The zero-order valence-electron chi connectivity index (χ0n) is 11.9. The molecule has 0 aromatic heterocycles. The van der Waals surface area contributed by atoms with Gasteiger partial charge in [-0.3, -0.25) is 14.4 Å². The van der Waals surface area contributed by atoms with E-state index in [1.54, 1.807) is 24.1 Å². The molecule has 21 heavy (non-hydrogen) atoms. The molecule has 1 atom stereocenters. The normalized spacial score (nSPS) is 17.9. The molecule has 1 aromatic carbocycles. The smallest absolute Gasteiger partial charge is 0.244 e. The van der Waals surface area contributed by atoms with E-state index in [4.69, 9.17) is 0 Å². The second-order valence-electron chi connectivity index (χ2n) is 4.95. The number of Topliss-reactive ketones (excluding diaryl/α,β-unsaturated/α-hetero) is 1. The van der Waals surface area contributed by atoms with Gasteiger partial charge in [-0.05, 0) is 6.42 Å². The Kier molecular flexibility index (Phi) is 5.38. The third-order valence-electron chi connectivity index (χ3n) is 3.32. The SMILES string of the molecule is CN1CC[C@@H](NC(=O)CSCC(=O)c2ccccc2)C1=O. The Balaban J connectivity index is 1.70. The molecule has 0 unspecified atom stereocenters. The van der Waals surface area contributed by atoms with E-state index >= 15 is 0 Å². The van der Waals surface area contributed by atoms with Crippen LogP contribution in [0.25, 0.3) is 0 Å². The number of amides is 2. The Labute approximate surface area is 128 Å². The van der Waals surface area contributed by atoms with Crippen molar-refractivity contribution in [3.05, 3.63) is 35.9 Å². The van der Waals surface area contributed by atoms with Crippen LogP contribution in [0.4, 0.5) is 0 Å². The van der Waals surface area contributed by atoms with Crippen molar-refractivity contribution in [2.45, 2.75) is 12.5 Å². The second-order valence-corrected chi connectivity index (χ2v) is 5.94. The van der Waals surface area contributed by atoms with E-state index < -0.39 is 6.04 Å². The van der Waals surface area contributed by atoms with Gasteiger partial charge < -0.3 is 10.2 Å². The molecule has 1 aliphatic heterocycles. The first-order valence-electron chi connectivity index (χ1n) is 6.78. The van der Waals surface area contributed by atoms with Crippen LogP contribution in [0.5, 0.6) is 0 Å². The van der Waals surface area contributed by atoms with Crippen LogP contribution in [0.1, 0.15) is 16.8 Å². The van der Waals surface area contributed by atoms with E-state index in [9.17, 15) is 14.4 Å². The first-order chi connectivity index (χ1) is 10.1. The molecule has 0 spiro atoms. The molecule has 0 saturated carbocycles. The average molecular weight is 306 g/mol. The van der Waals surface area contributed by atoms with Gasteiger partial charge in [0.05, 0.1) is 11.5 Å². The fourth-order valence-corrected chi connectivity index (χ4v) is 2.86. The molecule has 5 nitrogen and oxygen atoms in total. The van der Waals surface area contributed by atoms with Gasteiger partial charge in [0.2, 0.25) is 11.8 Å². The van der Waals surface area contributed by atoms with Crippen LogP contribution in [-0.4, -0.2) is 53.6 Å². The van der Waals surface area contributed by atoms with Gasteiger partial charge in [0.15, 0.2) is 5.78 Å². The summed E-state index contributed by atoms with van der Waals surface area (Å²) in [5.41, 5.74) is 0.651. The molecule has 1 aliphatic rings. The minimum atomic E-state index is -0.409. The van der Waals surface area contributed by atoms with Crippen LogP contribution in [-0.2, 0) is 9.59 Å². The summed E-state index contributed by atoms with van der Waals surface area (Å²) in [7, 11) is 1.72. The Morgan fingerprint density at radius 1 is 1.29 bits per heavy atom. The quantitative estimate of drug-likeness (QED) is 0.795. The number of rotatable bonds is 6. The third-order valence-corrected chi connectivity index (χ3v) is 4.26. The molecule has 1 N–H and O–H groups in total. The van der Waals surface area contributed by atoms with E-state index in [2.05, 4.69) is 5.32 Å². The van der Waals surface area contributed by atoms with Gasteiger partial charge in [-0.25, -0.2) is 0 Å². The summed E-state index contributed by atoms with van der Waals surface area (Å²) in [5.74, 6) is 0.204. The fraction of sp³-hybridized carbons (Fsp3) is 0.400. The molecule has 0 bridgehead atoms. The maximum Gasteiger partial charge on any atom is 0.244 e. The van der Waals surface area contributed by atoms with Gasteiger partial charge in [0.25, 0.3) is 0 Å². The van der Waals surface area contributed by atoms with Crippen molar-refractivity contribution in [1.29, 1.82) is 0 Å². The molecule has 1 heterocycles. The van der Waals surface area contributed by atoms with Crippen molar-refractivity contribution >= 4 is 29.4 Å². The summed E-state index contributed by atoms with van der Waals surface area (Å²) < 4.78 is 0. The Morgan fingerprint density at radius 2 is 2.00 bits per heavy atom. The van der Waals surface area contributed by atoms with Crippen molar-refractivity contribution in [1.82, 2.24) is 10.2 Å². The first kappa shape index (κ1) is 15.6. The number of likely N-dealkylation sites (N-methyl/N-ethyl adjacent to an activating group) is 1. The third kappa shape index (κ3) is 4.32. The lowest BCUT2D eigenvalue weighted by molar-refractivity contribution is -0.131. The van der Waals surface area contributed by atoms with E-state index in [1.807, 2.05) is 18.2 Å². The molecular formula is C15H18N2O3S. The number of thioether (sulfide) groups is 1. The van der Waals surface area contributed by atoms with Gasteiger partial charge in [0.1, 0.15) is 6.04 Å². The molecule has 0 aliphatic carbocycles. The highest BCUT2D eigenvalue weighted by Crippen LogP contribution is 2.10. The molecule has 0 radical (unpaired) electrons. The molecule has 1 saturated heterocycles. The number of likely N-dealkylation sites (tertiary alicyclic amines) is 1. The minimum absolute atomic E-state index is 0.00470. The highest BCUT2D eigenvalue weighted by atomic mass is 32.2. The summed E-state index contributed by atoms with van der Waals surface area (Å²) in [6.45, 7) is 0.670. The maximum absolute atomic E-state index is 11.9. The second kappa shape index (κ2) is 7.26. The van der Waals surface area contributed by atoms with Crippen LogP contribution in [0.15, 0.2) is 30.3 Å². The van der Waals surface area contributed by atoms with Crippen molar-refractivity contribution in [2.75, 3.05) is 25.1 Å². The highest BCUT2D eigenvalue weighted by molar-refractivity contribution is 8.00. The fourth-order valence-electron chi connectivity index (χ4n) is 2.14. The van der Waals surface area contributed by atoms with E-state index in [-0.39, 0.29) is 29.1 Å². The number of hydrogen-bond acceptors (Lipinski definition) is 4. The van der Waals surface area contributed by atoms with Crippen molar-refractivity contribution in [3.63, 3.8) is 0 Å². The molecule has 112 valence electrons. The van der Waals surface area contributed by atoms with Gasteiger partial charge in [-0.15, -0.1) is 11.8 Å². The maximum atomic E-state index is 11.9. The number of nitrogens with one attached hydrogen (secondary N) is 1. The lowest BCUT2D eigenvalue weighted by atomic mass is 10.2. The zero-order valence-corrected chi connectivity index (χ0v) is 12.7. The highest BCUT2D eigenvalue weighted by Gasteiger charge is 2.29. The average Bonchev–Trinajstić information content (AvgIpc) is 2.80. The Morgan fingerprint density at radius 3 is 2.62 bits per heavy atom. The van der Waals surface area contributed by atoms with Crippen LogP contribution < -0.4 is 5.32 Å². The van der Waals surface area contributed by atoms with Crippen LogP contribution in [0, 0.1) is 0 Å². The summed E-state index contributed by atoms with van der Waals surface area (Å²) in [6, 6.07) is 8.59. The number of carbonyl (C=O) groups is 3. The van der Waals surface area contributed by atoms with Gasteiger partial charge in [0, 0.05) is 19.2 Å². The van der Waals surface area contributed by atoms with E-state index in [0.29, 0.717) is 18.5 Å². The molecule has 1 fully saturated rings. The molecule has 1 aromatic rings. The summed E-state index contributed by atoms with van der Waals surface area (Å²) in [4.78, 5) is 36.9. The predicted octanol–water partition coefficient (Wildman–Crippen LogP) is 0.949. The number of carbonyl (C=O) groups excluding carboxylic acids is 3. The summed E-state index contributed by atoms with van der Waals surface area (Å²) in [6.07, 6.45) is 0.648. The lowest BCUT2D eigenvalue weighted by Crippen LogP contribution is -2.41. The van der Waals surface area contributed by atoms with Crippen molar-refractivity contribution in [3.8, 4) is 0 Å². The minimum Gasteiger partial charge on any atom is -0.344 e. The monoisotopic (exact) mass is 306 g/mol. The summed E-state index contributed by atoms with van der Waals surface area (Å²) in [5, 5.41) is 2.71. The van der Waals surface area contributed by atoms with Crippen LogP contribution in [0.2, 0.25) is 0 Å². The molecule has 2 rings (SSSR count). The zero-order chi connectivity index (χ0) is 15.2.